The fourth-order valence-corrected chi connectivity index (χ4v) is 8.93. The number of rotatable bonds is 14. The molecule has 0 aromatic heterocycles. The number of unbranched alkanes of at least 4 members (excludes halogenated alkanes) is 2. The third kappa shape index (κ3) is 8.13. The molecule has 6 rings (SSSR count). The highest BCUT2D eigenvalue weighted by atomic mass is 19.1. The molecule has 5 atom stereocenters. The Balaban J connectivity index is 0.863. The highest BCUT2D eigenvalue weighted by Crippen LogP contribution is 2.48. The van der Waals surface area contributed by atoms with E-state index in [1.807, 2.05) is 12.1 Å². The maximum atomic E-state index is 15.2. The molecule has 2 fully saturated rings. The largest absolute Gasteiger partial charge is 0.426 e. The minimum absolute atomic E-state index is 0.0592. The van der Waals surface area contributed by atoms with E-state index in [2.05, 4.69) is 19.2 Å². The minimum Gasteiger partial charge on any atom is -0.426 e. The lowest BCUT2D eigenvalue weighted by Gasteiger charge is -2.48. The van der Waals surface area contributed by atoms with Crippen LogP contribution in [0.3, 0.4) is 0 Å². The van der Waals surface area contributed by atoms with Crippen molar-refractivity contribution in [2.75, 3.05) is 19.8 Å². The number of hydrogen-bond acceptors (Lipinski definition) is 6. The molecule has 4 aliphatic rings. The lowest BCUT2D eigenvalue weighted by Crippen LogP contribution is -2.58. The molecular weight excluding hydrogens is 612 g/mol. The van der Waals surface area contributed by atoms with Gasteiger partial charge < -0.3 is 19.5 Å². The fourth-order valence-electron chi connectivity index (χ4n) is 8.93. The van der Waals surface area contributed by atoms with Crippen molar-refractivity contribution in [3.8, 4) is 11.5 Å². The zero-order chi connectivity index (χ0) is 33.7. The van der Waals surface area contributed by atoms with Crippen LogP contribution in [0, 0.1) is 23.5 Å². The van der Waals surface area contributed by atoms with E-state index in [9.17, 15) is 9.59 Å². The molecule has 2 bridgehead atoms. The maximum absolute atomic E-state index is 15.2. The average Bonchev–Trinajstić information content (AvgIpc) is 3.01. The minimum atomic E-state index is -0.364. The summed E-state index contributed by atoms with van der Waals surface area (Å²) in [6, 6.07) is 6.94. The van der Waals surface area contributed by atoms with Gasteiger partial charge >= 0.3 is 11.9 Å². The molecule has 0 radical (unpaired) electrons. The Morgan fingerprint density at radius 2 is 1.56 bits per heavy atom. The van der Waals surface area contributed by atoms with E-state index in [1.54, 1.807) is 0 Å². The van der Waals surface area contributed by atoms with Gasteiger partial charge in [-0.3, -0.25) is 9.59 Å². The van der Waals surface area contributed by atoms with E-state index >= 15 is 8.78 Å². The quantitative estimate of drug-likeness (QED) is 0.124. The predicted molar refractivity (Wildman–Crippen MR) is 181 cm³/mol. The molecule has 1 N–H and O–H groups in total. The summed E-state index contributed by atoms with van der Waals surface area (Å²) in [4.78, 5) is 25.1. The molecular formula is C40H53F2NO5. The van der Waals surface area contributed by atoms with Gasteiger partial charge in [-0.15, -0.1) is 0 Å². The third-order valence-corrected chi connectivity index (χ3v) is 11.4. The van der Waals surface area contributed by atoms with Crippen molar-refractivity contribution in [1.29, 1.82) is 0 Å². The first kappa shape index (κ1) is 35.0. The van der Waals surface area contributed by atoms with Crippen LogP contribution in [-0.2, 0) is 32.6 Å². The smallest absolute Gasteiger partial charge is 0.311 e. The van der Waals surface area contributed by atoms with Crippen LogP contribution in [0.5, 0.6) is 11.5 Å². The van der Waals surface area contributed by atoms with Crippen molar-refractivity contribution in [2.24, 2.45) is 11.8 Å². The molecule has 0 amide bonds. The van der Waals surface area contributed by atoms with Gasteiger partial charge in [0.1, 0.15) is 23.1 Å². The standard InChI is InChI=1S/C40H53F2NO5/c1-3-11-30-31-20-28(22-35(41)32(31)19-27-25-43-39(27)30)47-37(44)13-6-9-16-46-17-10-7-14-38(45)48-29-21-34-33(36(42)23-29)18-26-12-5-4-8-15-40(34,2)24-26/h20-23,26-27,30,39,43H,3-19,24-25H2,1-2H3/t26-,27?,30?,39?,40-/m0/s1. The van der Waals surface area contributed by atoms with Gasteiger partial charge in [-0.1, -0.05) is 46.0 Å². The van der Waals surface area contributed by atoms with E-state index in [-0.39, 0.29) is 47.7 Å². The van der Waals surface area contributed by atoms with Crippen molar-refractivity contribution < 1.29 is 32.6 Å². The lowest BCUT2D eigenvalue weighted by molar-refractivity contribution is -0.135. The summed E-state index contributed by atoms with van der Waals surface area (Å²) in [7, 11) is 0. The first-order valence-corrected chi connectivity index (χ1v) is 18.6. The van der Waals surface area contributed by atoms with E-state index in [1.165, 1.54) is 31.4 Å². The number of fused-ring (bicyclic) bond motifs is 6. The highest BCUT2D eigenvalue weighted by molar-refractivity contribution is 5.73. The number of ether oxygens (including phenoxy) is 3. The number of carbonyl (C=O) groups is 2. The number of carbonyl (C=O) groups excluding carboxylic acids is 2. The van der Waals surface area contributed by atoms with Crippen LogP contribution in [0.4, 0.5) is 8.78 Å². The summed E-state index contributed by atoms with van der Waals surface area (Å²) in [5.74, 6) is 0.663. The highest BCUT2D eigenvalue weighted by Gasteiger charge is 2.43. The monoisotopic (exact) mass is 665 g/mol. The number of hydrogen-bond donors (Lipinski definition) is 1. The molecule has 1 saturated carbocycles. The molecule has 3 unspecified atom stereocenters. The number of nitrogens with one attached hydrogen (secondary N) is 1. The van der Waals surface area contributed by atoms with Crippen LogP contribution in [0.15, 0.2) is 24.3 Å². The van der Waals surface area contributed by atoms with Crippen LogP contribution < -0.4 is 14.8 Å². The Hall–Kier alpha value is -2.84. The second-order valence-corrected chi connectivity index (χ2v) is 15.1. The predicted octanol–water partition coefficient (Wildman–Crippen LogP) is 8.65. The van der Waals surface area contributed by atoms with Crippen molar-refractivity contribution in [3.63, 3.8) is 0 Å². The molecule has 0 spiro atoms. The van der Waals surface area contributed by atoms with Gasteiger partial charge in [0.15, 0.2) is 0 Å². The van der Waals surface area contributed by atoms with Crippen LogP contribution in [0.1, 0.15) is 132 Å². The van der Waals surface area contributed by atoms with E-state index in [4.69, 9.17) is 14.2 Å². The molecule has 8 heteroatoms. The summed E-state index contributed by atoms with van der Waals surface area (Å²) < 4.78 is 47.1. The Kier molecular flexibility index (Phi) is 11.5. The van der Waals surface area contributed by atoms with Crippen LogP contribution in [0.25, 0.3) is 0 Å². The van der Waals surface area contributed by atoms with Crippen molar-refractivity contribution in [2.45, 2.75) is 134 Å². The Labute approximate surface area is 284 Å². The van der Waals surface area contributed by atoms with Gasteiger partial charge in [-0.25, -0.2) is 8.78 Å². The van der Waals surface area contributed by atoms with Crippen LogP contribution in [0.2, 0.25) is 0 Å². The summed E-state index contributed by atoms with van der Waals surface area (Å²) in [6.45, 7) is 6.36. The van der Waals surface area contributed by atoms with Crippen molar-refractivity contribution in [3.05, 3.63) is 58.2 Å². The molecule has 1 heterocycles. The van der Waals surface area contributed by atoms with Gasteiger partial charge in [0.05, 0.1) is 0 Å². The van der Waals surface area contributed by atoms with Crippen molar-refractivity contribution >= 4 is 11.9 Å². The Bertz CT molecular complexity index is 1460. The van der Waals surface area contributed by atoms with Gasteiger partial charge in [-0.05, 0) is 109 Å². The third-order valence-electron chi connectivity index (χ3n) is 11.4. The Morgan fingerprint density at radius 1 is 0.875 bits per heavy atom. The van der Waals surface area contributed by atoms with E-state index in [0.29, 0.717) is 68.3 Å². The summed E-state index contributed by atoms with van der Waals surface area (Å²) in [5, 5.41) is 3.52. The number of esters is 2. The second-order valence-electron chi connectivity index (χ2n) is 15.1. The topological polar surface area (TPSA) is 73.9 Å². The number of benzene rings is 2. The molecule has 2 aromatic rings. The molecule has 2 aromatic carbocycles. The zero-order valence-electron chi connectivity index (χ0n) is 28.9. The molecule has 1 aliphatic heterocycles. The molecule has 48 heavy (non-hydrogen) atoms. The molecule has 1 saturated heterocycles. The Morgan fingerprint density at radius 3 is 2.23 bits per heavy atom. The summed E-state index contributed by atoms with van der Waals surface area (Å²) in [6.07, 6.45) is 13.6. The molecule has 6 nitrogen and oxygen atoms in total. The van der Waals surface area contributed by atoms with Crippen LogP contribution in [-0.4, -0.2) is 37.7 Å². The first-order chi connectivity index (χ1) is 23.2. The maximum Gasteiger partial charge on any atom is 0.311 e. The zero-order valence-corrected chi connectivity index (χ0v) is 28.9. The first-order valence-electron chi connectivity index (χ1n) is 18.6. The fraction of sp³-hybridized carbons (Fsp3) is 0.650. The lowest BCUT2D eigenvalue weighted by atomic mass is 9.63. The van der Waals surface area contributed by atoms with Crippen LogP contribution >= 0.6 is 0 Å². The summed E-state index contributed by atoms with van der Waals surface area (Å²) in [5.41, 5.74) is 3.57. The normalized spacial score (nSPS) is 25.8. The molecule has 262 valence electrons. The van der Waals surface area contributed by atoms with Crippen molar-refractivity contribution in [1.82, 2.24) is 5.32 Å². The van der Waals surface area contributed by atoms with E-state index < -0.39 is 0 Å². The van der Waals surface area contributed by atoms with Gasteiger partial charge in [0, 0.05) is 56.7 Å². The summed E-state index contributed by atoms with van der Waals surface area (Å²) >= 11 is 0. The second kappa shape index (κ2) is 15.8. The van der Waals surface area contributed by atoms with E-state index in [0.717, 1.165) is 73.7 Å². The van der Waals surface area contributed by atoms with Gasteiger partial charge in [-0.2, -0.15) is 0 Å². The molecule has 3 aliphatic carbocycles. The SMILES string of the molecule is CCCC1c2cc(OC(=O)CCCCOCCCCC(=O)Oc3cc(F)c4c(c3)[C@@]3(C)CCCCC[C@@H](C4)C3)cc(F)c2CC2CNC21. The average molecular weight is 666 g/mol. The van der Waals surface area contributed by atoms with Gasteiger partial charge in [0.25, 0.3) is 0 Å². The van der Waals surface area contributed by atoms with Gasteiger partial charge in [0.2, 0.25) is 0 Å². The number of halogens is 2.